The Balaban J connectivity index is 0.000000490. The van der Waals surface area contributed by atoms with Crippen molar-refractivity contribution in [2.24, 2.45) is 0 Å². The van der Waals surface area contributed by atoms with Gasteiger partial charge >= 0.3 is 13.2 Å². The molecule has 3 heteroatoms. The maximum atomic E-state index is 5.96. The standard InChI is InChI=1S/C5H10.Al.ClH.H2O/c1-3-5-4-2;;;/h1-5H2;;1H;1H2/q;+1;;/p-1. The molecule has 0 aromatic rings. The first-order valence-corrected chi connectivity index (χ1v) is 6.41. The topological polar surface area (TPSA) is 31.5 Å². The van der Waals surface area contributed by atoms with Crippen molar-refractivity contribution in [3.63, 3.8) is 0 Å². The molecule has 1 aliphatic rings. The molecule has 0 saturated carbocycles. The Hall–Kier alpha value is 0.782. The summed E-state index contributed by atoms with van der Waals surface area (Å²) in [4.78, 5) is 0. The SMILES string of the molecule is O.[Cl][Al]1[CH2]CCC[CH2]1. The summed E-state index contributed by atoms with van der Waals surface area (Å²) in [6, 6.07) is 0. The van der Waals surface area contributed by atoms with Gasteiger partial charge in [0.2, 0.25) is 0 Å². The first-order valence-electron chi connectivity index (χ1n) is 3.03. The van der Waals surface area contributed by atoms with Gasteiger partial charge in [0.1, 0.15) is 0 Å². The first kappa shape index (κ1) is 8.78. The molecule has 1 fully saturated rings. The maximum Gasteiger partial charge on any atom is 0.399 e. The van der Waals surface area contributed by atoms with Gasteiger partial charge in [-0.1, -0.05) is 29.8 Å². The molecule has 1 rings (SSSR count). The fourth-order valence-corrected chi connectivity index (χ4v) is 3.73. The number of hydrogen-bond donors (Lipinski definition) is 0. The van der Waals surface area contributed by atoms with Crippen LogP contribution in [0.15, 0.2) is 0 Å². The average Bonchev–Trinajstić information content (AvgIpc) is 1.69. The Morgan fingerprint density at radius 3 is 1.75 bits per heavy atom. The predicted molar refractivity (Wildman–Crippen MR) is 38.7 cm³/mol. The number of rotatable bonds is 0. The van der Waals surface area contributed by atoms with Gasteiger partial charge in [-0.25, -0.2) is 0 Å². The molecule has 0 aliphatic carbocycles. The second-order valence-corrected chi connectivity index (χ2v) is 6.44. The van der Waals surface area contributed by atoms with Gasteiger partial charge in [-0.3, -0.25) is 10.0 Å². The summed E-state index contributed by atoms with van der Waals surface area (Å²) in [5.74, 6) is 0. The molecule has 2 N–H and O–H groups in total. The Labute approximate surface area is 58.9 Å². The van der Waals surface area contributed by atoms with Crippen LogP contribution in [0.3, 0.4) is 0 Å². The quantitative estimate of drug-likeness (QED) is 0.470. The van der Waals surface area contributed by atoms with E-state index in [-0.39, 0.29) is 5.48 Å². The van der Waals surface area contributed by atoms with Crippen LogP contribution in [0, 0.1) is 0 Å². The lowest BCUT2D eigenvalue weighted by Crippen LogP contribution is -2.06. The maximum absolute atomic E-state index is 5.96. The summed E-state index contributed by atoms with van der Waals surface area (Å²) < 4.78 is 0. The zero-order chi connectivity index (χ0) is 5.11. The van der Waals surface area contributed by atoms with Crippen LogP contribution in [0.5, 0.6) is 0 Å². The Bertz CT molecular complexity index is 54.4. The molecule has 0 unspecified atom stereocenters. The molecular formula is C5H12AlClO. The molecule has 48 valence electrons. The van der Waals surface area contributed by atoms with E-state index in [0.717, 1.165) is 0 Å². The van der Waals surface area contributed by atoms with Crippen molar-refractivity contribution in [1.29, 1.82) is 0 Å². The molecule has 0 bridgehead atoms. The van der Waals surface area contributed by atoms with Crippen molar-refractivity contribution in [2.75, 3.05) is 0 Å². The molecule has 0 spiro atoms. The van der Waals surface area contributed by atoms with Crippen LogP contribution in [0.2, 0.25) is 10.6 Å². The van der Waals surface area contributed by atoms with Gasteiger partial charge in [0.25, 0.3) is 0 Å². The van der Waals surface area contributed by atoms with E-state index >= 15 is 0 Å². The van der Waals surface area contributed by atoms with Crippen LogP contribution in [0.4, 0.5) is 0 Å². The number of halogens is 1. The van der Waals surface area contributed by atoms with E-state index in [4.69, 9.17) is 10.0 Å². The van der Waals surface area contributed by atoms with Crippen LogP contribution in [-0.4, -0.2) is 18.7 Å². The van der Waals surface area contributed by atoms with Crippen LogP contribution >= 0.6 is 10.0 Å². The molecular weight excluding hydrogens is 138 g/mol. The van der Waals surface area contributed by atoms with Gasteiger partial charge in [0.15, 0.2) is 0 Å². The lowest BCUT2D eigenvalue weighted by Gasteiger charge is -2.08. The molecule has 8 heavy (non-hydrogen) atoms. The van der Waals surface area contributed by atoms with Gasteiger partial charge in [0, 0.05) is 0 Å². The highest BCUT2D eigenvalue weighted by atomic mass is 35.6. The van der Waals surface area contributed by atoms with E-state index in [2.05, 4.69) is 0 Å². The summed E-state index contributed by atoms with van der Waals surface area (Å²) >= 11 is -0.622. The molecule has 0 amide bonds. The zero-order valence-corrected chi connectivity index (χ0v) is 6.90. The minimum Gasteiger partial charge on any atom is -0.412 e. The van der Waals surface area contributed by atoms with Gasteiger partial charge in [0.05, 0.1) is 0 Å². The Morgan fingerprint density at radius 1 is 1.00 bits per heavy atom. The van der Waals surface area contributed by atoms with E-state index in [1.807, 2.05) is 0 Å². The van der Waals surface area contributed by atoms with Crippen molar-refractivity contribution >= 4 is 23.3 Å². The van der Waals surface area contributed by atoms with Crippen molar-refractivity contribution in [1.82, 2.24) is 0 Å². The van der Waals surface area contributed by atoms with E-state index < -0.39 is 13.2 Å². The van der Waals surface area contributed by atoms with Crippen LogP contribution < -0.4 is 0 Å². The molecule has 0 aromatic carbocycles. The molecule has 0 atom stereocenters. The average molecular weight is 151 g/mol. The summed E-state index contributed by atoms with van der Waals surface area (Å²) in [6.07, 6.45) is 4.27. The first-order chi connectivity index (χ1) is 3.39. The fourth-order valence-electron chi connectivity index (χ4n) is 1.05. The third-order valence-electron chi connectivity index (χ3n) is 1.53. The zero-order valence-electron chi connectivity index (χ0n) is 4.99. The second kappa shape index (κ2) is 4.64. The van der Waals surface area contributed by atoms with E-state index in [9.17, 15) is 0 Å². The third kappa shape index (κ3) is 2.94. The summed E-state index contributed by atoms with van der Waals surface area (Å²) in [5, 5.41) is 2.78. The van der Waals surface area contributed by atoms with Crippen molar-refractivity contribution in [2.45, 2.75) is 29.8 Å². The largest absolute Gasteiger partial charge is 0.412 e. The van der Waals surface area contributed by atoms with Crippen LogP contribution in [-0.2, 0) is 0 Å². The smallest absolute Gasteiger partial charge is 0.399 e. The third-order valence-corrected chi connectivity index (χ3v) is 4.91. The van der Waals surface area contributed by atoms with Crippen molar-refractivity contribution in [3.8, 4) is 0 Å². The molecule has 1 heterocycles. The summed E-state index contributed by atoms with van der Waals surface area (Å²) in [5.41, 5.74) is 0. The Morgan fingerprint density at radius 2 is 1.50 bits per heavy atom. The summed E-state index contributed by atoms with van der Waals surface area (Å²) in [7, 11) is 5.96. The van der Waals surface area contributed by atoms with E-state index in [1.54, 1.807) is 0 Å². The van der Waals surface area contributed by atoms with Crippen LogP contribution in [0.25, 0.3) is 0 Å². The molecule has 1 nitrogen and oxygen atoms in total. The predicted octanol–water partition coefficient (Wildman–Crippen LogP) is 1.58. The Kier molecular flexibility index (Phi) is 5.10. The van der Waals surface area contributed by atoms with Gasteiger partial charge < -0.3 is 5.48 Å². The summed E-state index contributed by atoms with van der Waals surface area (Å²) in [6.45, 7) is 0. The molecule has 1 saturated heterocycles. The lowest BCUT2D eigenvalue weighted by molar-refractivity contribution is 0.731. The van der Waals surface area contributed by atoms with Gasteiger partial charge in [-0.15, -0.1) is 0 Å². The molecule has 0 radical (unpaired) electrons. The second-order valence-electron chi connectivity index (χ2n) is 2.24. The monoisotopic (exact) mass is 150 g/mol. The lowest BCUT2D eigenvalue weighted by atomic mass is 10.3. The van der Waals surface area contributed by atoms with Crippen molar-refractivity contribution in [3.05, 3.63) is 0 Å². The minimum absolute atomic E-state index is 0. The number of hydrogen-bond acceptors (Lipinski definition) is 0. The van der Waals surface area contributed by atoms with E-state index in [1.165, 1.54) is 29.8 Å². The van der Waals surface area contributed by atoms with Crippen LogP contribution in [0.1, 0.15) is 19.3 Å². The molecule has 1 aliphatic heterocycles. The van der Waals surface area contributed by atoms with Gasteiger partial charge in [-0.05, 0) is 0 Å². The molecule has 0 aromatic heterocycles. The highest BCUT2D eigenvalue weighted by Crippen LogP contribution is 2.20. The minimum atomic E-state index is -0.622. The van der Waals surface area contributed by atoms with Crippen molar-refractivity contribution < 1.29 is 5.48 Å². The highest BCUT2D eigenvalue weighted by Gasteiger charge is 2.16. The van der Waals surface area contributed by atoms with E-state index in [0.29, 0.717) is 0 Å². The highest BCUT2D eigenvalue weighted by molar-refractivity contribution is 7.06. The normalized spacial score (nSPS) is 19.9. The van der Waals surface area contributed by atoms with Gasteiger partial charge in [-0.2, -0.15) is 0 Å². The fraction of sp³-hybridized carbons (Fsp3) is 1.00.